The lowest BCUT2D eigenvalue weighted by molar-refractivity contribution is -0.117. The Labute approximate surface area is 175 Å². The van der Waals surface area contributed by atoms with Crippen molar-refractivity contribution in [2.75, 3.05) is 10.0 Å². The number of carbonyl (C=O) groups excluding carboxylic acids is 2. The van der Waals surface area contributed by atoms with Crippen LogP contribution >= 0.6 is 0 Å². The van der Waals surface area contributed by atoms with Gasteiger partial charge in [-0.2, -0.15) is 0 Å². The third kappa shape index (κ3) is 5.24. The van der Waals surface area contributed by atoms with Crippen LogP contribution in [0.25, 0.3) is 0 Å². The number of nitrogens with two attached hydrogens (primary N) is 1. The first-order chi connectivity index (χ1) is 14.2. The third-order valence-corrected chi connectivity index (χ3v) is 5.76. The minimum atomic E-state index is -3.78. The number of primary amides is 1. The minimum absolute atomic E-state index is 0.00167. The number of rotatable bonds is 7. The molecule has 3 rings (SSSR count). The zero-order valence-corrected chi connectivity index (χ0v) is 17.1. The Morgan fingerprint density at radius 3 is 2.17 bits per heavy atom. The second kappa shape index (κ2) is 8.79. The van der Waals surface area contributed by atoms with Gasteiger partial charge in [-0.3, -0.25) is 14.3 Å². The van der Waals surface area contributed by atoms with Gasteiger partial charge in [0, 0.05) is 16.9 Å². The molecule has 0 aromatic heterocycles. The van der Waals surface area contributed by atoms with Crippen LogP contribution in [0.3, 0.4) is 0 Å². The van der Waals surface area contributed by atoms with E-state index < -0.39 is 21.8 Å². The van der Waals surface area contributed by atoms with E-state index in [0.717, 1.165) is 5.56 Å². The van der Waals surface area contributed by atoms with Gasteiger partial charge in [-0.1, -0.05) is 35.9 Å². The Morgan fingerprint density at radius 2 is 1.53 bits per heavy atom. The van der Waals surface area contributed by atoms with Crippen molar-refractivity contribution in [1.82, 2.24) is 0 Å². The molecule has 30 heavy (non-hydrogen) atoms. The van der Waals surface area contributed by atoms with E-state index in [1.807, 2.05) is 6.92 Å². The SMILES string of the molecule is Cc1ccc(NS(=O)(=O)c2ccc(C(=O)Nc3ccccc3CC(N)=O)cc2)cc1. The Morgan fingerprint density at radius 1 is 0.900 bits per heavy atom. The van der Waals surface area contributed by atoms with Crippen LogP contribution in [0, 0.1) is 6.92 Å². The summed E-state index contributed by atoms with van der Waals surface area (Å²) in [7, 11) is -3.78. The number of carbonyl (C=O) groups is 2. The Hall–Kier alpha value is -3.65. The lowest BCUT2D eigenvalue weighted by Crippen LogP contribution is -2.18. The van der Waals surface area contributed by atoms with Crippen molar-refractivity contribution in [3.63, 3.8) is 0 Å². The van der Waals surface area contributed by atoms with Gasteiger partial charge in [0.15, 0.2) is 0 Å². The maximum absolute atomic E-state index is 12.6. The standard InChI is InChI=1S/C22H21N3O4S/c1-15-6-10-18(11-7-15)25-30(28,29)19-12-8-16(9-13-19)22(27)24-20-5-3-2-4-17(20)14-21(23)26/h2-13,25H,14H2,1H3,(H2,23,26)(H,24,27). The van der Waals surface area contributed by atoms with Crippen molar-refractivity contribution >= 4 is 33.2 Å². The molecule has 8 heteroatoms. The Kier molecular flexibility index (Phi) is 6.17. The molecule has 4 N–H and O–H groups in total. The third-order valence-electron chi connectivity index (χ3n) is 4.36. The molecule has 3 aromatic carbocycles. The van der Waals surface area contributed by atoms with Crippen LogP contribution < -0.4 is 15.8 Å². The molecule has 0 aliphatic rings. The van der Waals surface area contributed by atoms with Gasteiger partial charge in [0.2, 0.25) is 5.91 Å². The molecule has 0 aliphatic heterocycles. The van der Waals surface area contributed by atoms with Crippen LogP contribution in [0.4, 0.5) is 11.4 Å². The molecular formula is C22H21N3O4S. The molecule has 0 heterocycles. The van der Waals surface area contributed by atoms with Crippen molar-refractivity contribution in [2.24, 2.45) is 5.73 Å². The van der Waals surface area contributed by atoms with Crippen LogP contribution in [0.1, 0.15) is 21.5 Å². The Balaban J connectivity index is 1.74. The number of nitrogens with one attached hydrogen (secondary N) is 2. The molecule has 0 saturated carbocycles. The highest BCUT2D eigenvalue weighted by atomic mass is 32.2. The second-order valence-corrected chi connectivity index (χ2v) is 8.43. The predicted octanol–water partition coefficient (Wildman–Crippen LogP) is 3.08. The zero-order valence-electron chi connectivity index (χ0n) is 16.3. The van der Waals surface area contributed by atoms with Gasteiger partial charge in [0.1, 0.15) is 0 Å². The normalized spacial score (nSPS) is 11.0. The monoisotopic (exact) mass is 423 g/mol. The first-order valence-electron chi connectivity index (χ1n) is 9.12. The number of anilines is 2. The van der Waals surface area contributed by atoms with Gasteiger partial charge < -0.3 is 11.1 Å². The van der Waals surface area contributed by atoms with E-state index in [1.54, 1.807) is 48.5 Å². The number of para-hydroxylation sites is 1. The van der Waals surface area contributed by atoms with E-state index in [4.69, 9.17) is 5.73 Å². The number of hydrogen-bond donors (Lipinski definition) is 3. The van der Waals surface area contributed by atoms with E-state index in [-0.39, 0.29) is 16.9 Å². The quantitative estimate of drug-likeness (QED) is 0.541. The smallest absolute Gasteiger partial charge is 0.261 e. The lowest BCUT2D eigenvalue weighted by Gasteiger charge is -2.11. The van der Waals surface area contributed by atoms with Gasteiger partial charge in [0.05, 0.1) is 11.3 Å². The van der Waals surface area contributed by atoms with Crippen molar-refractivity contribution in [2.45, 2.75) is 18.2 Å². The highest BCUT2D eigenvalue weighted by Gasteiger charge is 2.16. The summed E-state index contributed by atoms with van der Waals surface area (Å²) in [6, 6.07) is 19.4. The fourth-order valence-corrected chi connectivity index (χ4v) is 3.86. The summed E-state index contributed by atoms with van der Waals surface area (Å²) in [5.74, 6) is -0.935. The molecule has 0 fully saturated rings. The van der Waals surface area contributed by atoms with Gasteiger partial charge in [-0.05, 0) is 55.0 Å². The van der Waals surface area contributed by atoms with Crippen LogP contribution in [0.15, 0.2) is 77.7 Å². The minimum Gasteiger partial charge on any atom is -0.369 e. The molecule has 0 spiro atoms. The summed E-state index contributed by atoms with van der Waals surface area (Å²) in [5.41, 5.74) is 8.06. The summed E-state index contributed by atoms with van der Waals surface area (Å²) in [4.78, 5) is 23.8. The summed E-state index contributed by atoms with van der Waals surface area (Å²) in [6.07, 6.45) is -0.00167. The van der Waals surface area contributed by atoms with Crippen LogP contribution in [0.2, 0.25) is 0 Å². The Bertz CT molecular complexity index is 1170. The molecule has 0 saturated heterocycles. The topological polar surface area (TPSA) is 118 Å². The maximum Gasteiger partial charge on any atom is 0.261 e. The first-order valence-corrected chi connectivity index (χ1v) is 10.6. The first kappa shape index (κ1) is 21.1. The largest absolute Gasteiger partial charge is 0.369 e. The molecule has 0 radical (unpaired) electrons. The summed E-state index contributed by atoms with van der Waals surface area (Å²) in [6.45, 7) is 1.91. The van der Waals surface area contributed by atoms with E-state index in [2.05, 4.69) is 10.0 Å². The molecule has 3 aromatic rings. The lowest BCUT2D eigenvalue weighted by atomic mass is 10.1. The van der Waals surface area contributed by atoms with Crippen LogP contribution in [-0.2, 0) is 21.2 Å². The number of aryl methyl sites for hydroxylation is 1. The number of amides is 2. The molecule has 0 bridgehead atoms. The van der Waals surface area contributed by atoms with Gasteiger partial charge in [-0.15, -0.1) is 0 Å². The molecule has 154 valence electrons. The second-order valence-electron chi connectivity index (χ2n) is 6.75. The van der Waals surface area contributed by atoms with Gasteiger partial charge in [-0.25, -0.2) is 8.42 Å². The molecular weight excluding hydrogens is 402 g/mol. The summed E-state index contributed by atoms with van der Waals surface area (Å²) >= 11 is 0. The summed E-state index contributed by atoms with van der Waals surface area (Å²) in [5, 5.41) is 2.72. The summed E-state index contributed by atoms with van der Waals surface area (Å²) < 4.78 is 27.6. The number of benzene rings is 3. The maximum atomic E-state index is 12.6. The van der Waals surface area contributed by atoms with Gasteiger partial charge >= 0.3 is 0 Å². The van der Waals surface area contributed by atoms with Gasteiger partial charge in [0.25, 0.3) is 15.9 Å². The fraction of sp³-hybridized carbons (Fsp3) is 0.0909. The highest BCUT2D eigenvalue weighted by Crippen LogP contribution is 2.19. The van der Waals surface area contributed by atoms with Crippen molar-refractivity contribution in [3.05, 3.63) is 89.5 Å². The van der Waals surface area contributed by atoms with Crippen LogP contribution in [0.5, 0.6) is 0 Å². The van der Waals surface area contributed by atoms with E-state index in [1.165, 1.54) is 24.3 Å². The molecule has 0 atom stereocenters. The average Bonchev–Trinajstić information content (AvgIpc) is 2.71. The molecule has 0 unspecified atom stereocenters. The van der Waals surface area contributed by atoms with E-state index in [0.29, 0.717) is 16.9 Å². The fourth-order valence-electron chi connectivity index (χ4n) is 2.80. The molecule has 2 amide bonds. The van der Waals surface area contributed by atoms with Crippen molar-refractivity contribution < 1.29 is 18.0 Å². The average molecular weight is 423 g/mol. The van der Waals surface area contributed by atoms with Crippen molar-refractivity contribution in [1.29, 1.82) is 0 Å². The number of sulfonamides is 1. The predicted molar refractivity (Wildman–Crippen MR) is 116 cm³/mol. The highest BCUT2D eigenvalue weighted by molar-refractivity contribution is 7.92. The van der Waals surface area contributed by atoms with Crippen molar-refractivity contribution in [3.8, 4) is 0 Å². The van der Waals surface area contributed by atoms with E-state index in [9.17, 15) is 18.0 Å². The van der Waals surface area contributed by atoms with Crippen LogP contribution in [-0.4, -0.2) is 20.2 Å². The zero-order chi connectivity index (χ0) is 21.7. The molecule has 7 nitrogen and oxygen atoms in total. The van der Waals surface area contributed by atoms with E-state index >= 15 is 0 Å². The molecule has 0 aliphatic carbocycles. The number of hydrogen-bond acceptors (Lipinski definition) is 4.